The number of rotatable bonds is 12. The molecule has 3 fully saturated rings. The van der Waals surface area contributed by atoms with Crippen molar-refractivity contribution < 1.29 is 24.2 Å². The van der Waals surface area contributed by atoms with E-state index in [1.165, 1.54) is 0 Å². The molecule has 8 nitrogen and oxygen atoms in total. The van der Waals surface area contributed by atoms with Gasteiger partial charge < -0.3 is 24.5 Å². The first kappa shape index (κ1) is 31.0. The van der Waals surface area contributed by atoms with Crippen LogP contribution in [-0.4, -0.2) is 86.6 Å². The molecule has 41 heavy (non-hydrogen) atoms. The van der Waals surface area contributed by atoms with Crippen LogP contribution in [-0.2, 0) is 25.7 Å². The molecule has 3 aliphatic heterocycles. The average molecular weight is 566 g/mol. The van der Waals surface area contributed by atoms with Crippen LogP contribution in [0.25, 0.3) is 0 Å². The van der Waals surface area contributed by atoms with Crippen molar-refractivity contribution in [2.75, 3.05) is 19.7 Å². The highest BCUT2D eigenvalue weighted by Gasteiger charge is 2.75. The summed E-state index contributed by atoms with van der Waals surface area (Å²) in [5.74, 6) is -1.97. The van der Waals surface area contributed by atoms with Crippen molar-refractivity contribution in [1.82, 2.24) is 14.7 Å². The Labute approximate surface area is 245 Å². The molecule has 3 amide bonds. The van der Waals surface area contributed by atoms with Crippen molar-refractivity contribution in [3.63, 3.8) is 0 Å². The second-order valence-electron chi connectivity index (χ2n) is 13.2. The number of aliphatic hydroxyl groups is 1. The van der Waals surface area contributed by atoms with E-state index in [4.69, 9.17) is 4.74 Å². The number of fused-ring (bicyclic) bond motifs is 1. The van der Waals surface area contributed by atoms with E-state index in [1.54, 1.807) is 26.9 Å². The zero-order valence-corrected chi connectivity index (χ0v) is 25.3. The molecule has 0 aromatic heterocycles. The van der Waals surface area contributed by atoms with Crippen molar-refractivity contribution in [3.05, 3.63) is 61.2 Å². The summed E-state index contributed by atoms with van der Waals surface area (Å²) >= 11 is 0. The van der Waals surface area contributed by atoms with Gasteiger partial charge in [0.25, 0.3) is 0 Å². The third kappa shape index (κ3) is 5.61. The summed E-state index contributed by atoms with van der Waals surface area (Å²) in [5.41, 5.74) is -0.679. The summed E-state index contributed by atoms with van der Waals surface area (Å²) in [4.78, 5) is 48.4. The van der Waals surface area contributed by atoms with Gasteiger partial charge in [0, 0.05) is 25.2 Å². The Morgan fingerprint density at radius 1 is 1.15 bits per heavy atom. The first-order valence-electron chi connectivity index (χ1n) is 14.9. The molecule has 1 aromatic carbocycles. The van der Waals surface area contributed by atoms with Crippen molar-refractivity contribution in [1.29, 1.82) is 0 Å². The number of carbonyl (C=O) groups excluding carboxylic acids is 3. The van der Waals surface area contributed by atoms with Gasteiger partial charge in [-0.05, 0) is 51.5 Å². The summed E-state index contributed by atoms with van der Waals surface area (Å²) < 4.78 is 6.68. The molecule has 224 valence electrons. The fourth-order valence-corrected chi connectivity index (χ4v) is 7.24. The van der Waals surface area contributed by atoms with Crippen LogP contribution in [0.2, 0.25) is 0 Å². The van der Waals surface area contributed by atoms with E-state index in [9.17, 15) is 19.5 Å². The van der Waals surface area contributed by atoms with Crippen LogP contribution in [0.4, 0.5) is 0 Å². The molecular formula is C33H47N3O5. The van der Waals surface area contributed by atoms with E-state index < -0.39 is 41.2 Å². The van der Waals surface area contributed by atoms with Gasteiger partial charge in [-0.25, -0.2) is 0 Å². The van der Waals surface area contributed by atoms with E-state index in [1.807, 2.05) is 65.0 Å². The lowest BCUT2D eigenvalue weighted by Gasteiger charge is -2.43. The number of amides is 3. The van der Waals surface area contributed by atoms with Gasteiger partial charge in [0.1, 0.15) is 11.6 Å². The highest BCUT2D eigenvalue weighted by atomic mass is 16.5. The normalized spacial score (nSPS) is 27.6. The van der Waals surface area contributed by atoms with Crippen LogP contribution < -0.4 is 0 Å². The van der Waals surface area contributed by atoms with Crippen LogP contribution in [0.3, 0.4) is 0 Å². The van der Waals surface area contributed by atoms with Crippen LogP contribution in [0.5, 0.6) is 0 Å². The Balaban J connectivity index is 1.78. The molecule has 3 heterocycles. The van der Waals surface area contributed by atoms with Gasteiger partial charge in [0.2, 0.25) is 17.7 Å². The Bertz CT molecular complexity index is 1150. The molecule has 0 aliphatic carbocycles. The van der Waals surface area contributed by atoms with Crippen molar-refractivity contribution in [3.8, 4) is 0 Å². The van der Waals surface area contributed by atoms with Crippen molar-refractivity contribution >= 4 is 17.7 Å². The van der Waals surface area contributed by atoms with Crippen LogP contribution in [0.1, 0.15) is 59.4 Å². The number of hydrogen-bond donors (Lipinski definition) is 1. The highest BCUT2D eigenvalue weighted by Crippen LogP contribution is 2.59. The van der Waals surface area contributed by atoms with Gasteiger partial charge >= 0.3 is 0 Å². The quantitative estimate of drug-likeness (QED) is 0.390. The predicted octanol–water partition coefficient (Wildman–Crippen LogP) is 3.80. The van der Waals surface area contributed by atoms with Crippen molar-refractivity contribution in [2.45, 2.75) is 89.8 Å². The number of aliphatic hydroxyl groups excluding tert-OH is 1. The maximum Gasteiger partial charge on any atom is 0.249 e. The molecule has 8 heteroatoms. The number of carbonyl (C=O) groups is 3. The molecule has 1 aromatic rings. The molecule has 1 N–H and O–H groups in total. The first-order valence-corrected chi connectivity index (χ1v) is 14.9. The molecule has 0 saturated carbocycles. The Morgan fingerprint density at radius 3 is 2.37 bits per heavy atom. The van der Waals surface area contributed by atoms with E-state index in [2.05, 4.69) is 13.2 Å². The van der Waals surface area contributed by atoms with Crippen LogP contribution in [0.15, 0.2) is 55.6 Å². The SMILES string of the molecule is C=CCN(Cc1ccccc1)C(=O)[C@@H]1[C@H]2C(=O)N([C@@H](CO)CC(C)C)C(C(=O)N(CC=C)C(C)(C)C)C23CC[C@H]1O3. The van der Waals surface area contributed by atoms with E-state index in [0.717, 1.165) is 5.56 Å². The number of benzene rings is 1. The summed E-state index contributed by atoms with van der Waals surface area (Å²) in [6.45, 7) is 18.4. The monoisotopic (exact) mass is 565 g/mol. The third-order valence-corrected chi connectivity index (χ3v) is 8.87. The number of likely N-dealkylation sites (tertiary alicyclic amines) is 1. The largest absolute Gasteiger partial charge is 0.394 e. The Kier molecular flexibility index (Phi) is 9.14. The maximum atomic E-state index is 14.5. The summed E-state index contributed by atoms with van der Waals surface area (Å²) in [7, 11) is 0. The number of hydrogen-bond acceptors (Lipinski definition) is 5. The molecule has 3 aliphatic rings. The topological polar surface area (TPSA) is 90.4 Å². The maximum absolute atomic E-state index is 14.5. The van der Waals surface area contributed by atoms with Gasteiger partial charge in [-0.15, -0.1) is 13.2 Å². The lowest BCUT2D eigenvalue weighted by molar-refractivity contribution is -0.155. The molecule has 4 rings (SSSR count). The third-order valence-electron chi connectivity index (χ3n) is 8.87. The lowest BCUT2D eigenvalue weighted by atomic mass is 9.70. The summed E-state index contributed by atoms with van der Waals surface area (Å²) in [6.07, 6.45) is 4.57. The minimum Gasteiger partial charge on any atom is -0.394 e. The minimum atomic E-state index is -1.12. The molecule has 1 spiro atoms. The summed E-state index contributed by atoms with van der Waals surface area (Å²) in [6, 6.07) is 8.25. The molecular weight excluding hydrogens is 518 g/mol. The van der Waals surface area contributed by atoms with Crippen molar-refractivity contribution in [2.24, 2.45) is 17.8 Å². The van der Waals surface area contributed by atoms with Gasteiger partial charge in [-0.2, -0.15) is 0 Å². The predicted molar refractivity (Wildman–Crippen MR) is 158 cm³/mol. The zero-order valence-electron chi connectivity index (χ0n) is 25.3. The fourth-order valence-electron chi connectivity index (χ4n) is 7.24. The van der Waals surface area contributed by atoms with Crippen LogP contribution in [0, 0.1) is 17.8 Å². The Hall–Kier alpha value is -2.97. The Morgan fingerprint density at radius 2 is 1.80 bits per heavy atom. The second-order valence-corrected chi connectivity index (χ2v) is 13.2. The smallest absolute Gasteiger partial charge is 0.249 e. The van der Waals surface area contributed by atoms with E-state index >= 15 is 0 Å². The molecule has 6 atom stereocenters. The van der Waals surface area contributed by atoms with Gasteiger partial charge in [-0.3, -0.25) is 14.4 Å². The first-order chi connectivity index (χ1) is 19.4. The van der Waals surface area contributed by atoms with Gasteiger partial charge in [-0.1, -0.05) is 56.3 Å². The average Bonchev–Trinajstić information content (AvgIpc) is 3.56. The fraction of sp³-hybridized carbons (Fsp3) is 0.606. The zero-order chi connectivity index (χ0) is 30.1. The number of ether oxygens (including phenoxy) is 1. The van der Waals surface area contributed by atoms with Gasteiger partial charge in [0.15, 0.2) is 0 Å². The molecule has 2 unspecified atom stereocenters. The standard InChI is InChI=1S/C33H47N3O5/c1-8-17-34(20-23-13-11-10-12-14-23)29(38)26-25-15-16-33(41-25)27(26)30(39)36(24(21-37)19-22(3)4)28(33)31(40)35(18-9-2)32(5,6)7/h8-14,22,24-28,37H,1-2,15-21H2,3-7H3/t24-,25-,26+,27+,28?,33?/m1/s1. The summed E-state index contributed by atoms with van der Waals surface area (Å²) in [5, 5.41) is 10.5. The second kappa shape index (κ2) is 12.1. The molecule has 0 radical (unpaired) electrons. The molecule has 3 saturated heterocycles. The van der Waals surface area contributed by atoms with E-state index in [-0.39, 0.29) is 30.2 Å². The van der Waals surface area contributed by atoms with E-state index in [0.29, 0.717) is 38.9 Å². The van der Waals surface area contributed by atoms with Gasteiger partial charge in [0.05, 0.1) is 30.6 Å². The highest BCUT2D eigenvalue weighted by molar-refractivity contribution is 5.99. The number of nitrogens with zero attached hydrogens (tertiary/aromatic N) is 3. The lowest BCUT2D eigenvalue weighted by Crippen LogP contribution is -2.61. The van der Waals surface area contributed by atoms with Crippen LogP contribution >= 0.6 is 0 Å². The minimum absolute atomic E-state index is 0.157. The molecule has 2 bridgehead atoms.